The molecule has 86 valence electrons. The summed E-state index contributed by atoms with van der Waals surface area (Å²) in [6, 6.07) is 7.46. The average Bonchev–Trinajstić information content (AvgIpc) is 2.34. The maximum atomic E-state index is 11.0. The summed E-state index contributed by atoms with van der Waals surface area (Å²) < 4.78 is 10.2. The Morgan fingerprint density at radius 3 is 2.94 bits per heavy atom. The SMILES string of the molecule is C=CC(=O)NCc1ccccc1OCOC. The van der Waals surface area contributed by atoms with Gasteiger partial charge in [-0.2, -0.15) is 0 Å². The molecule has 0 aliphatic rings. The van der Waals surface area contributed by atoms with E-state index in [0.717, 1.165) is 5.56 Å². The smallest absolute Gasteiger partial charge is 0.243 e. The van der Waals surface area contributed by atoms with Crippen LogP contribution in [0.5, 0.6) is 5.75 Å². The van der Waals surface area contributed by atoms with Gasteiger partial charge in [-0.05, 0) is 12.1 Å². The summed E-state index contributed by atoms with van der Waals surface area (Å²) in [5, 5.41) is 2.69. The van der Waals surface area contributed by atoms with Gasteiger partial charge in [0.1, 0.15) is 5.75 Å². The van der Waals surface area contributed by atoms with Crippen LogP contribution in [0.1, 0.15) is 5.56 Å². The summed E-state index contributed by atoms with van der Waals surface area (Å²) >= 11 is 0. The Hall–Kier alpha value is -1.81. The van der Waals surface area contributed by atoms with Crippen molar-refractivity contribution >= 4 is 5.91 Å². The molecule has 0 aliphatic heterocycles. The lowest BCUT2D eigenvalue weighted by Gasteiger charge is -2.10. The first-order valence-electron chi connectivity index (χ1n) is 4.88. The highest BCUT2D eigenvalue weighted by Gasteiger charge is 2.03. The van der Waals surface area contributed by atoms with Gasteiger partial charge in [0.15, 0.2) is 6.79 Å². The van der Waals surface area contributed by atoms with Crippen LogP contribution >= 0.6 is 0 Å². The second-order valence-electron chi connectivity index (χ2n) is 3.08. The first kappa shape index (κ1) is 12.3. The molecule has 1 aromatic carbocycles. The van der Waals surface area contributed by atoms with E-state index in [0.29, 0.717) is 12.3 Å². The molecule has 0 spiro atoms. The number of ether oxygens (including phenoxy) is 2. The van der Waals surface area contributed by atoms with Crippen LogP contribution < -0.4 is 10.1 Å². The fraction of sp³-hybridized carbons (Fsp3) is 0.250. The van der Waals surface area contributed by atoms with Gasteiger partial charge in [-0.15, -0.1) is 0 Å². The van der Waals surface area contributed by atoms with Crippen LogP contribution in [0.2, 0.25) is 0 Å². The molecule has 4 heteroatoms. The summed E-state index contributed by atoms with van der Waals surface area (Å²) in [5.41, 5.74) is 0.898. The molecule has 0 saturated carbocycles. The number of carbonyl (C=O) groups is 1. The number of carbonyl (C=O) groups excluding carboxylic acids is 1. The lowest BCUT2D eigenvalue weighted by atomic mass is 10.2. The Morgan fingerprint density at radius 1 is 1.50 bits per heavy atom. The number of nitrogens with one attached hydrogen (secondary N) is 1. The molecule has 0 unspecified atom stereocenters. The monoisotopic (exact) mass is 221 g/mol. The standard InChI is InChI=1S/C12H15NO3/c1-3-12(14)13-8-10-6-4-5-7-11(10)16-9-15-2/h3-7H,1,8-9H2,2H3,(H,13,14). The number of para-hydroxylation sites is 1. The van der Waals surface area contributed by atoms with Gasteiger partial charge in [0.2, 0.25) is 5.91 Å². The zero-order valence-electron chi connectivity index (χ0n) is 9.23. The van der Waals surface area contributed by atoms with E-state index < -0.39 is 0 Å². The highest BCUT2D eigenvalue weighted by Crippen LogP contribution is 2.17. The predicted molar refractivity (Wildman–Crippen MR) is 61.0 cm³/mol. The van der Waals surface area contributed by atoms with E-state index in [4.69, 9.17) is 9.47 Å². The minimum absolute atomic E-state index is 0.187. The first-order chi connectivity index (χ1) is 7.77. The van der Waals surface area contributed by atoms with E-state index in [1.54, 1.807) is 7.11 Å². The number of benzene rings is 1. The van der Waals surface area contributed by atoms with Gasteiger partial charge in [0.25, 0.3) is 0 Å². The molecule has 1 rings (SSSR count). The summed E-state index contributed by atoms with van der Waals surface area (Å²) in [4.78, 5) is 11.0. The maximum absolute atomic E-state index is 11.0. The van der Waals surface area contributed by atoms with Crippen molar-refractivity contribution in [1.82, 2.24) is 5.32 Å². The lowest BCUT2D eigenvalue weighted by molar-refractivity contribution is -0.116. The molecule has 0 saturated heterocycles. The van der Waals surface area contributed by atoms with E-state index in [2.05, 4.69) is 11.9 Å². The van der Waals surface area contributed by atoms with Gasteiger partial charge in [0, 0.05) is 19.2 Å². The molecule has 1 aromatic rings. The molecular weight excluding hydrogens is 206 g/mol. The highest BCUT2D eigenvalue weighted by molar-refractivity contribution is 5.86. The van der Waals surface area contributed by atoms with Crippen LogP contribution in [0, 0.1) is 0 Å². The van der Waals surface area contributed by atoms with Crippen molar-refractivity contribution in [2.75, 3.05) is 13.9 Å². The van der Waals surface area contributed by atoms with Gasteiger partial charge in [-0.3, -0.25) is 4.79 Å². The molecular formula is C12H15NO3. The third-order valence-corrected chi connectivity index (χ3v) is 1.94. The first-order valence-corrected chi connectivity index (χ1v) is 4.88. The molecule has 1 amide bonds. The van der Waals surface area contributed by atoms with Crippen molar-refractivity contribution in [2.24, 2.45) is 0 Å². The molecule has 0 radical (unpaired) electrons. The van der Waals surface area contributed by atoms with Crippen molar-refractivity contribution in [2.45, 2.75) is 6.54 Å². The fourth-order valence-corrected chi connectivity index (χ4v) is 1.17. The normalized spacial score (nSPS) is 9.56. The van der Waals surface area contributed by atoms with Gasteiger partial charge in [0.05, 0.1) is 0 Å². The summed E-state index contributed by atoms with van der Waals surface area (Å²) in [6.45, 7) is 3.98. The van der Waals surface area contributed by atoms with Crippen LogP contribution in [0.3, 0.4) is 0 Å². The predicted octanol–water partition coefficient (Wildman–Crippen LogP) is 1.47. The van der Waals surface area contributed by atoms with Gasteiger partial charge >= 0.3 is 0 Å². The summed E-state index contributed by atoms with van der Waals surface area (Å²) in [7, 11) is 1.56. The van der Waals surface area contributed by atoms with Gasteiger partial charge in [-0.25, -0.2) is 0 Å². The van der Waals surface area contributed by atoms with Gasteiger partial charge in [-0.1, -0.05) is 24.8 Å². The van der Waals surface area contributed by atoms with E-state index in [1.807, 2.05) is 24.3 Å². The number of rotatable bonds is 6. The topological polar surface area (TPSA) is 47.6 Å². The van der Waals surface area contributed by atoms with E-state index in [-0.39, 0.29) is 12.7 Å². The van der Waals surface area contributed by atoms with E-state index in [1.165, 1.54) is 6.08 Å². The summed E-state index contributed by atoms with van der Waals surface area (Å²) in [5.74, 6) is 0.496. The third-order valence-electron chi connectivity index (χ3n) is 1.94. The minimum atomic E-state index is -0.207. The van der Waals surface area contributed by atoms with Crippen LogP contribution in [-0.4, -0.2) is 19.8 Å². The van der Waals surface area contributed by atoms with Gasteiger partial charge < -0.3 is 14.8 Å². The molecule has 0 fully saturated rings. The molecule has 0 aromatic heterocycles. The number of hydrogen-bond donors (Lipinski definition) is 1. The Kier molecular flexibility index (Phi) is 5.08. The Balaban J connectivity index is 2.63. The van der Waals surface area contributed by atoms with Crippen molar-refractivity contribution < 1.29 is 14.3 Å². The van der Waals surface area contributed by atoms with Crippen LogP contribution in [0.15, 0.2) is 36.9 Å². The molecule has 16 heavy (non-hydrogen) atoms. The summed E-state index contributed by atoms with van der Waals surface area (Å²) in [6.07, 6.45) is 1.23. The third kappa shape index (κ3) is 3.74. The molecule has 0 bridgehead atoms. The maximum Gasteiger partial charge on any atom is 0.243 e. The lowest BCUT2D eigenvalue weighted by Crippen LogP contribution is -2.20. The Morgan fingerprint density at radius 2 is 2.25 bits per heavy atom. The van der Waals surface area contributed by atoms with E-state index in [9.17, 15) is 4.79 Å². The fourth-order valence-electron chi connectivity index (χ4n) is 1.17. The number of hydrogen-bond acceptors (Lipinski definition) is 3. The largest absolute Gasteiger partial charge is 0.467 e. The van der Waals surface area contributed by atoms with Crippen LogP contribution in [0.4, 0.5) is 0 Å². The molecule has 1 N–H and O–H groups in total. The zero-order chi connectivity index (χ0) is 11.8. The second kappa shape index (κ2) is 6.63. The minimum Gasteiger partial charge on any atom is -0.467 e. The molecule has 4 nitrogen and oxygen atoms in total. The Labute approximate surface area is 94.9 Å². The average molecular weight is 221 g/mol. The molecule has 0 atom stereocenters. The van der Waals surface area contributed by atoms with Crippen molar-refractivity contribution in [3.63, 3.8) is 0 Å². The quantitative estimate of drug-likeness (QED) is 0.584. The zero-order valence-corrected chi connectivity index (χ0v) is 9.23. The van der Waals surface area contributed by atoms with Crippen LogP contribution in [-0.2, 0) is 16.1 Å². The van der Waals surface area contributed by atoms with Crippen molar-refractivity contribution in [3.05, 3.63) is 42.5 Å². The highest BCUT2D eigenvalue weighted by atomic mass is 16.7. The van der Waals surface area contributed by atoms with Crippen molar-refractivity contribution in [3.8, 4) is 5.75 Å². The molecule has 0 aliphatic carbocycles. The van der Waals surface area contributed by atoms with E-state index >= 15 is 0 Å². The number of amides is 1. The second-order valence-corrected chi connectivity index (χ2v) is 3.08. The van der Waals surface area contributed by atoms with Crippen LogP contribution in [0.25, 0.3) is 0 Å². The Bertz CT molecular complexity index is 363. The van der Waals surface area contributed by atoms with Crippen molar-refractivity contribution in [1.29, 1.82) is 0 Å². The molecule has 0 heterocycles. The number of methoxy groups -OCH3 is 1.